The number of hydrogen-bond donors (Lipinski definition) is 0. The first-order chi connectivity index (χ1) is 8.26. The van der Waals surface area contributed by atoms with E-state index in [1.54, 1.807) is 6.08 Å². The lowest BCUT2D eigenvalue weighted by atomic mass is 9.76. The molecule has 86 valence electrons. The van der Waals surface area contributed by atoms with Crippen molar-refractivity contribution in [2.75, 3.05) is 0 Å². The molecular weight excluding hydrogens is 212 g/mol. The minimum atomic E-state index is -0.585. The van der Waals surface area contributed by atoms with Crippen molar-refractivity contribution in [3.63, 3.8) is 0 Å². The van der Waals surface area contributed by atoms with E-state index in [1.807, 2.05) is 0 Å². The van der Waals surface area contributed by atoms with E-state index in [4.69, 9.17) is 10.5 Å². The van der Waals surface area contributed by atoms with Crippen molar-refractivity contribution in [2.45, 2.75) is 32.1 Å². The summed E-state index contributed by atoms with van der Waals surface area (Å²) in [6.07, 6.45) is 8.03. The summed E-state index contributed by atoms with van der Waals surface area (Å²) in [7, 11) is 0. The minimum absolute atomic E-state index is 0.00380. The topological polar surface area (TPSA) is 64.7 Å². The molecule has 2 aliphatic rings. The Kier molecular flexibility index (Phi) is 3.40. The second-order valence-corrected chi connectivity index (χ2v) is 4.57. The maximum atomic E-state index is 11.3. The summed E-state index contributed by atoms with van der Waals surface area (Å²) in [4.78, 5) is 11.3. The van der Waals surface area contributed by atoms with Gasteiger partial charge in [-0.3, -0.25) is 4.79 Å². The third-order valence-electron chi connectivity index (χ3n) is 3.51. The van der Waals surface area contributed by atoms with Crippen molar-refractivity contribution in [1.29, 1.82) is 10.5 Å². The van der Waals surface area contributed by atoms with Crippen LogP contribution in [0.5, 0.6) is 0 Å². The zero-order valence-electron chi connectivity index (χ0n) is 9.65. The van der Waals surface area contributed by atoms with Gasteiger partial charge in [0, 0.05) is 12.3 Å². The first-order valence-corrected chi connectivity index (χ1v) is 5.99. The van der Waals surface area contributed by atoms with Crippen LogP contribution in [0.1, 0.15) is 32.1 Å². The highest BCUT2D eigenvalue weighted by atomic mass is 16.1. The van der Waals surface area contributed by atoms with Crippen molar-refractivity contribution >= 4 is 5.78 Å². The molecule has 1 unspecified atom stereocenters. The molecule has 0 bridgehead atoms. The first-order valence-electron chi connectivity index (χ1n) is 5.99. The molecule has 0 spiro atoms. The van der Waals surface area contributed by atoms with Gasteiger partial charge in [0.25, 0.3) is 0 Å². The zero-order valence-corrected chi connectivity index (χ0v) is 9.65. The molecule has 0 aromatic carbocycles. The summed E-state index contributed by atoms with van der Waals surface area (Å²) >= 11 is 0. The van der Waals surface area contributed by atoms with Gasteiger partial charge in [-0.2, -0.15) is 10.5 Å². The Morgan fingerprint density at radius 3 is 2.65 bits per heavy atom. The van der Waals surface area contributed by atoms with Gasteiger partial charge >= 0.3 is 0 Å². The number of ketones is 1. The molecule has 0 amide bonds. The average molecular weight is 226 g/mol. The lowest BCUT2D eigenvalue weighted by Gasteiger charge is -2.25. The van der Waals surface area contributed by atoms with Crippen molar-refractivity contribution in [3.8, 4) is 12.1 Å². The Balaban J connectivity index is 2.28. The van der Waals surface area contributed by atoms with E-state index in [0.717, 1.165) is 36.8 Å². The molecule has 0 saturated carbocycles. The summed E-state index contributed by atoms with van der Waals surface area (Å²) in [6.45, 7) is 0. The van der Waals surface area contributed by atoms with Gasteiger partial charge in [0.15, 0.2) is 5.78 Å². The summed E-state index contributed by atoms with van der Waals surface area (Å²) in [6, 6.07) is 4.14. The smallest absolute Gasteiger partial charge is 0.156 e. The molecule has 0 saturated heterocycles. The number of nitriles is 2. The standard InChI is InChI=1S/C14H14N2O/c15-8-11(9-16)14-4-2-1-3-13(14)10-5-6-12(17)7-10/h3,7,11,14H,1-2,4-6H2. The number of carbonyl (C=O) groups excluding carboxylic acids is 1. The zero-order chi connectivity index (χ0) is 12.3. The number of hydrogen-bond acceptors (Lipinski definition) is 3. The van der Waals surface area contributed by atoms with Crippen LogP contribution in [0.25, 0.3) is 0 Å². The molecule has 1 atom stereocenters. The Hall–Kier alpha value is -1.87. The van der Waals surface area contributed by atoms with Gasteiger partial charge in [0.2, 0.25) is 0 Å². The maximum Gasteiger partial charge on any atom is 0.156 e. The van der Waals surface area contributed by atoms with Crippen LogP contribution in [0.2, 0.25) is 0 Å². The first kappa shape index (κ1) is 11.6. The summed E-state index contributed by atoms with van der Waals surface area (Å²) in [5.41, 5.74) is 2.13. The Morgan fingerprint density at radius 2 is 2.06 bits per heavy atom. The second-order valence-electron chi connectivity index (χ2n) is 4.57. The van der Waals surface area contributed by atoms with E-state index in [-0.39, 0.29) is 11.7 Å². The largest absolute Gasteiger partial charge is 0.295 e. The van der Waals surface area contributed by atoms with Gasteiger partial charge in [0.05, 0.1) is 12.1 Å². The molecule has 0 heterocycles. The fraction of sp³-hybridized carbons (Fsp3) is 0.500. The predicted octanol–water partition coefficient (Wildman–Crippen LogP) is 2.67. The molecule has 2 rings (SSSR count). The third-order valence-corrected chi connectivity index (χ3v) is 3.51. The molecule has 0 radical (unpaired) electrons. The van der Waals surface area contributed by atoms with Crippen LogP contribution < -0.4 is 0 Å². The molecule has 3 heteroatoms. The number of carbonyl (C=O) groups is 1. The van der Waals surface area contributed by atoms with Gasteiger partial charge in [0.1, 0.15) is 5.92 Å². The summed E-state index contributed by atoms with van der Waals surface area (Å²) in [5.74, 6) is -0.426. The van der Waals surface area contributed by atoms with Crippen molar-refractivity contribution in [2.24, 2.45) is 11.8 Å². The van der Waals surface area contributed by atoms with E-state index in [0.29, 0.717) is 6.42 Å². The van der Waals surface area contributed by atoms with E-state index in [9.17, 15) is 4.79 Å². The fourth-order valence-corrected chi connectivity index (χ4v) is 2.65. The van der Waals surface area contributed by atoms with Crippen LogP contribution in [0, 0.1) is 34.5 Å². The summed E-state index contributed by atoms with van der Waals surface area (Å²) < 4.78 is 0. The average Bonchev–Trinajstić information content (AvgIpc) is 2.78. The molecule has 0 aliphatic heterocycles. The third kappa shape index (κ3) is 2.29. The van der Waals surface area contributed by atoms with E-state index in [1.165, 1.54) is 0 Å². The minimum Gasteiger partial charge on any atom is -0.295 e. The van der Waals surface area contributed by atoms with Crippen LogP contribution in [0.15, 0.2) is 23.3 Å². The lowest BCUT2D eigenvalue weighted by Crippen LogP contribution is -2.18. The SMILES string of the molecule is N#CC(C#N)C1CCCC=C1C1=CC(=O)CC1. The molecule has 0 N–H and O–H groups in total. The molecule has 0 fully saturated rings. The van der Waals surface area contributed by atoms with Crippen LogP contribution in [-0.4, -0.2) is 5.78 Å². The van der Waals surface area contributed by atoms with E-state index >= 15 is 0 Å². The Labute approximate surface area is 101 Å². The van der Waals surface area contributed by atoms with Gasteiger partial charge in [-0.1, -0.05) is 6.08 Å². The summed E-state index contributed by atoms with van der Waals surface area (Å²) in [5, 5.41) is 18.0. The van der Waals surface area contributed by atoms with E-state index in [2.05, 4.69) is 18.2 Å². The number of rotatable bonds is 2. The fourth-order valence-electron chi connectivity index (χ4n) is 2.65. The number of nitrogens with zero attached hydrogens (tertiary/aromatic N) is 2. The Bertz CT molecular complexity index is 459. The molecule has 0 aromatic heterocycles. The van der Waals surface area contributed by atoms with Gasteiger partial charge in [-0.05, 0) is 42.9 Å². The van der Waals surface area contributed by atoms with Crippen molar-refractivity contribution < 1.29 is 4.79 Å². The van der Waals surface area contributed by atoms with Crippen molar-refractivity contribution in [3.05, 3.63) is 23.3 Å². The van der Waals surface area contributed by atoms with Gasteiger partial charge in [-0.25, -0.2) is 0 Å². The normalized spacial score (nSPS) is 23.9. The van der Waals surface area contributed by atoms with Gasteiger partial charge < -0.3 is 0 Å². The predicted molar refractivity (Wildman–Crippen MR) is 62.5 cm³/mol. The van der Waals surface area contributed by atoms with E-state index < -0.39 is 5.92 Å². The molecule has 17 heavy (non-hydrogen) atoms. The van der Waals surface area contributed by atoms with Crippen LogP contribution in [0.4, 0.5) is 0 Å². The lowest BCUT2D eigenvalue weighted by molar-refractivity contribution is -0.114. The van der Waals surface area contributed by atoms with Crippen LogP contribution in [0.3, 0.4) is 0 Å². The molecule has 0 aromatic rings. The maximum absolute atomic E-state index is 11.3. The highest BCUT2D eigenvalue weighted by Gasteiger charge is 2.30. The molecular formula is C14H14N2O. The highest BCUT2D eigenvalue weighted by Crippen LogP contribution is 2.38. The van der Waals surface area contributed by atoms with Gasteiger partial charge in [-0.15, -0.1) is 0 Å². The quantitative estimate of drug-likeness (QED) is 0.727. The van der Waals surface area contributed by atoms with Crippen LogP contribution >= 0.6 is 0 Å². The van der Waals surface area contributed by atoms with Crippen molar-refractivity contribution in [1.82, 2.24) is 0 Å². The van der Waals surface area contributed by atoms with Crippen LogP contribution in [-0.2, 0) is 4.79 Å². The second kappa shape index (κ2) is 4.97. The molecule has 2 aliphatic carbocycles. The molecule has 3 nitrogen and oxygen atoms in total. The number of allylic oxidation sites excluding steroid dienone is 4. The highest BCUT2D eigenvalue weighted by molar-refractivity contribution is 5.94. The Morgan fingerprint density at radius 1 is 1.29 bits per heavy atom. The monoisotopic (exact) mass is 226 g/mol.